The number of nitriles is 1. The Balaban J connectivity index is 2.27. The number of nitrogens with zero attached hydrogens (tertiary/aromatic N) is 4. The Labute approximate surface area is 143 Å². The molecule has 1 unspecified atom stereocenters. The second kappa shape index (κ2) is 6.39. The topological polar surface area (TPSA) is 130 Å². The molecule has 8 heteroatoms. The van der Waals surface area contributed by atoms with E-state index in [0.717, 1.165) is 5.56 Å². The molecule has 1 aliphatic rings. The van der Waals surface area contributed by atoms with Gasteiger partial charge in [-0.3, -0.25) is 4.79 Å². The second-order valence-electron chi connectivity index (χ2n) is 5.78. The number of amides is 2. The van der Waals surface area contributed by atoms with Crippen LogP contribution < -0.4 is 10.2 Å². The predicted octanol–water partition coefficient (Wildman–Crippen LogP) is 1.32. The standard InChI is InChI=1S/C17H15N5O3/c18-7-11-3-4-15(20-8-11)22(17(19)25)5-1-2-12-6-13(9-23)14(10-24)21-16(12)22/h3-4,6,8,10,23H,1-2,5,9H2,(H-,19,25)/p+1. The Bertz CT molecular complexity index is 888. The van der Waals surface area contributed by atoms with Crippen LogP contribution in [-0.4, -0.2) is 33.9 Å². The van der Waals surface area contributed by atoms with E-state index < -0.39 is 10.5 Å². The Morgan fingerprint density at radius 1 is 1.48 bits per heavy atom. The highest BCUT2D eigenvalue weighted by molar-refractivity contribution is 5.92. The minimum Gasteiger partial charge on any atom is -0.392 e. The highest BCUT2D eigenvalue weighted by Crippen LogP contribution is 2.39. The average Bonchev–Trinajstić information content (AvgIpc) is 2.66. The monoisotopic (exact) mass is 338 g/mol. The van der Waals surface area contributed by atoms with Gasteiger partial charge in [0.2, 0.25) is 11.6 Å². The van der Waals surface area contributed by atoms with Crippen LogP contribution in [0.25, 0.3) is 0 Å². The van der Waals surface area contributed by atoms with E-state index in [9.17, 15) is 14.7 Å². The first-order chi connectivity index (χ1) is 12.1. The van der Waals surface area contributed by atoms with Gasteiger partial charge in [-0.1, -0.05) is 0 Å². The van der Waals surface area contributed by atoms with Crippen LogP contribution in [0.5, 0.6) is 0 Å². The molecule has 0 fully saturated rings. The lowest BCUT2D eigenvalue weighted by Crippen LogP contribution is -2.56. The number of hydrogen-bond donors (Lipinski definition) is 2. The number of carbonyl (C=O) groups is 2. The number of fused-ring (bicyclic) bond motifs is 1. The molecule has 2 aromatic rings. The van der Waals surface area contributed by atoms with Crippen molar-refractivity contribution in [2.45, 2.75) is 19.4 Å². The first kappa shape index (κ1) is 16.7. The van der Waals surface area contributed by atoms with Gasteiger partial charge >= 0.3 is 6.03 Å². The molecule has 126 valence electrons. The van der Waals surface area contributed by atoms with Crippen molar-refractivity contribution in [2.24, 2.45) is 5.73 Å². The lowest BCUT2D eigenvalue weighted by molar-refractivity contribution is 0.111. The number of pyridine rings is 2. The van der Waals surface area contributed by atoms with E-state index >= 15 is 0 Å². The second-order valence-corrected chi connectivity index (χ2v) is 5.78. The third-order valence-electron chi connectivity index (χ3n) is 4.42. The average molecular weight is 338 g/mol. The molecule has 0 radical (unpaired) electrons. The van der Waals surface area contributed by atoms with E-state index in [-0.39, 0.29) is 12.3 Å². The number of primary amides is 1. The number of aldehydes is 1. The van der Waals surface area contributed by atoms with Gasteiger partial charge in [0.15, 0.2) is 6.29 Å². The number of carbonyl (C=O) groups excluding carboxylic acids is 2. The van der Waals surface area contributed by atoms with Crippen LogP contribution in [-0.2, 0) is 13.0 Å². The van der Waals surface area contributed by atoms with Crippen LogP contribution in [0.3, 0.4) is 0 Å². The number of nitrogens with two attached hydrogens (primary N) is 1. The summed E-state index contributed by atoms with van der Waals surface area (Å²) in [6.45, 7) is 0.0328. The fraction of sp³-hybridized carbons (Fsp3) is 0.235. The van der Waals surface area contributed by atoms with Crippen LogP contribution in [0.1, 0.15) is 33.6 Å². The molecular weight excluding hydrogens is 322 g/mol. The van der Waals surface area contributed by atoms with Crippen LogP contribution in [0.15, 0.2) is 24.4 Å². The van der Waals surface area contributed by atoms with Gasteiger partial charge in [0.05, 0.1) is 18.4 Å². The number of rotatable bonds is 3. The summed E-state index contributed by atoms with van der Waals surface area (Å²) in [5.41, 5.74) is 7.31. The molecule has 3 rings (SSSR count). The van der Waals surface area contributed by atoms with E-state index in [4.69, 9.17) is 11.0 Å². The zero-order valence-electron chi connectivity index (χ0n) is 13.3. The van der Waals surface area contributed by atoms with Crippen LogP contribution in [0.2, 0.25) is 0 Å². The Hall–Kier alpha value is -3.15. The van der Waals surface area contributed by atoms with Gasteiger partial charge < -0.3 is 10.8 Å². The molecule has 0 aromatic carbocycles. The molecule has 0 saturated carbocycles. The zero-order chi connectivity index (χ0) is 18.0. The zero-order valence-corrected chi connectivity index (χ0v) is 13.3. The number of urea groups is 1. The van der Waals surface area contributed by atoms with Crippen LogP contribution in [0, 0.1) is 11.3 Å². The van der Waals surface area contributed by atoms with Crippen molar-refractivity contribution in [1.29, 1.82) is 5.26 Å². The summed E-state index contributed by atoms with van der Waals surface area (Å²) in [4.78, 5) is 32.4. The summed E-state index contributed by atoms with van der Waals surface area (Å²) in [7, 11) is 0. The quantitative estimate of drug-likeness (QED) is 0.641. The molecule has 2 amide bonds. The number of aliphatic hydroxyl groups excluding tert-OH is 1. The van der Waals surface area contributed by atoms with Crippen molar-refractivity contribution >= 4 is 24.0 Å². The van der Waals surface area contributed by atoms with Crippen LogP contribution in [0.4, 0.5) is 16.4 Å². The van der Waals surface area contributed by atoms with Crippen LogP contribution >= 0.6 is 0 Å². The third kappa shape index (κ3) is 2.55. The summed E-state index contributed by atoms with van der Waals surface area (Å²) < 4.78 is -0.423. The van der Waals surface area contributed by atoms with Crippen molar-refractivity contribution in [3.63, 3.8) is 0 Å². The summed E-state index contributed by atoms with van der Waals surface area (Å²) in [6.07, 6.45) is 3.22. The maximum atomic E-state index is 12.5. The predicted molar refractivity (Wildman–Crippen MR) is 88.7 cm³/mol. The summed E-state index contributed by atoms with van der Waals surface area (Å²) >= 11 is 0. The Morgan fingerprint density at radius 2 is 2.28 bits per heavy atom. The molecule has 3 N–H and O–H groups in total. The summed E-state index contributed by atoms with van der Waals surface area (Å²) in [5, 5.41) is 18.4. The summed E-state index contributed by atoms with van der Waals surface area (Å²) in [5.74, 6) is 0.684. The molecule has 0 spiro atoms. The number of hydrogen-bond acceptors (Lipinski definition) is 6. The van der Waals surface area contributed by atoms with Crippen molar-refractivity contribution in [1.82, 2.24) is 14.5 Å². The van der Waals surface area contributed by atoms with E-state index in [0.29, 0.717) is 48.4 Å². The molecule has 0 bridgehead atoms. The van der Waals surface area contributed by atoms with E-state index in [2.05, 4.69) is 9.97 Å². The minimum atomic E-state index is -0.667. The number of quaternary nitrogens is 1. The summed E-state index contributed by atoms with van der Waals surface area (Å²) in [6, 6.07) is 6.12. The first-order valence-corrected chi connectivity index (χ1v) is 7.71. The number of aromatic nitrogens is 2. The maximum Gasteiger partial charge on any atom is 0.426 e. The number of aliphatic hydroxyl groups is 1. The Kier molecular flexibility index (Phi) is 4.27. The molecule has 25 heavy (non-hydrogen) atoms. The molecule has 0 saturated heterocycles. The van der Waals surface area contributed by atoms with Crippen molar-refractivity contribution in [3.05, 3.63) is 46.8 Å². The molecular formula is C17H16N5O3+. The largest absolute Gasteiger partial charge is 0.426 e. The normalized spacial score (nSPS) is 18.9. The van der Waals surface area contributed by atoms with Gasteiger partial charge in [0, 0.05) is 23.6 Å². The highest BCUT2D eigenvalue weighted by atomic mass is 16.3. The molecule has 1 atom stereocenters. The number of aryl methyl sites for hydroxylation is 1. The van der Waals surface area contributed by atoms with Gasteiger partial charge in [-0.15, -0.1) is 4.48 Å². The fourth-order valence-electron chi connectivity index (χ4n) is 3.19. The first-order valence-electron chi connectivity index (χ1n) is 7.71. The smallest absolute Gasteiger partial charge is 0.392 e. The molecule has 1 aliphatic heterocycles. The van der Waals surface area contributed by atoms with Gasteiger partial charge in [0.25, 0.3) is 0 Å². The van der Waals surface area contributed by atoms with Gasteiger partial charge in [-0.25, -0.2) is 9.78 Å². The molecule has 0 aliphatic carbocycles. The SMILES string of the molecule is N#Cc1ccc([N+]2(C(N)=O)CCCc3cc(CO)c(C=O)nc32)nc1. The third-order valence-corrected chi connectivity index (χ3v) is 4.42. The van der Waals surface area contributed by atoms with Crippen molar-refractivity contribution in [3.8, 4) is 6.07 Å². The fourth-order valence-corrected chi connectivity index (χ4v) is 3.19. The molecule has 2 aromatic heterocycles. The maximum absolute atomic E-state index is 12.5. The minimum absolute atomic E-state index is 0.0699. The van der Waals surface area contributed by atoms with Gasteiger partial charge in [-0.2, -0.15) is 10.2 Å². The van der Waals surface area contributed by atoms with Crippen molar-refractivity contribution < 1.29 is 14.7 Å². The molecule has 3 heterocycles. The lowest BCUT2D eigenvalue weighted by Gasteiger charge is -2.35. The lowest BCUT2D eigenvalue weighted by atomic mass is 10.00. The van der Waals surface area contributed by atoms with Crippen molar-refractivity contribution in [2.75, 3.05) is 6.54 Å². The van der Waals surface area contributed by atoms with E-state index in [1.54, 1.807) is 18.2 Å². The van der Waals surface area contributed by atoms with E-state index in [1.807, 2.05) is 6.07 Å². The highest BCUT2D eigenvalue weighted by Gasteiger charge is 2.47. The van der Waals surface area contributed by atoms with Gasteiger partial charge in [0.1, 0.15) is 18.3 Å². The molecule has 8 nitrogen and oxygen atoms in total. The van der Waals surface area contributed by atoms with Gasteiger partial charge in [-0.05, 0) is 18.6 Å². The van der Waals surface area contributed by atoms with E-state index in [1.165, 1.54) is 6.20 Å². The Morgan fingerprint density at radius 3 is 2.84 bits per heavy atom.